The highest BCUT2D eigenvalue weighted by Crippen LogP contribution is 2.33. The maximum atomic E-state index is 10.2. The Morgan fingerprint density at radius 1 is 1.42 bits per heavy atom. The number of ether oxygens (including phenoxy) is 1. The van der Waals surface area contributed by atoms with E-state index < -0.39 is 6.10 Å². The first kappa shape index (κ1) is 15.1. The smallest absolute Gasteiger partial charge is 0.0928 e. The molecule has 0 amide bonds. The normalized spacial score (nSPS) is 18.3. The summed E-state index contributed by atoms with van der Waals surface area (Å²) in [6, 6.07) is 5.46. The van der Waals surface area contributed by atoms with Gasteiger partial charge < -0.3 is 15.2 Å². The first-order valence-corrected chi connectivity index (χ1v) is 7.22. The van der Waals surface area contributed by atoms with E-state index in [1.165, 1.54) is 12.8 Å². The molecule has 3 nitrogen and oxygen atoms in total. The molecule has 1 saturated carbocycles. The quantitative estimate of drug-likeness (QED) is 0.813. The number of benzene rings is 1. The summed E-state index contributed by atoms with van der Waals surface area (Å²) in [5.41, 5.74) is 0.700. The van der Waals surface area contributed by atoms with E-state index in [0.29, 0.717) is 40.7 Å². The summed E-state index contributed by atoms with van der Waals surface area (Å²) in [5.74, 6) is 0.674. The molecule has 2 rings (SSSR count). The van der Waals surface area contributed by atoms with Crippen LogP contribution < -0.4 is 5.32 Å². The number of rotatable bonds is 7. The van der Waals surface area contributed by atoms with E-state index in [1.54, 1.807) is 25.3 Å². The molecule has 2 N–H and O–H groups in total. The molecule has 0 spiro atoms. The lowest BCUT2D eigenvalue weighted by Gasteiger charge is -2.20. The van der Waals surface area contributed by atoms with Gasteiger partial charge in [-0.1, -0.05) is 29.3 Å². The number of aliphatic hydroxyl groups is 1. The van der Waals surface area contributed by atoms with E-state index in [1.807, 2.05) is 0 Å². The molecule has 1 aliphatic carbocycles. The van der Waals surface area contributed by atoms with Crippen molar-refractivity contribution in [3.05, 3.63) is 33.8 Å². The first-order valence-electron chi connectivity index (χ1n) is 6.47. The van der Waals surface area contributed by atoms with Crippen LogP contribution >= 0.6 is 23.2 Å². The largest absolute Gasteiger partial charge is 0.387 e. The van der Waals surface area contributed by atoms with Crippen LogP contribution in [0.4, 0.5) is 0 Å². The van der Waals surface area contributed by atoms with E-state index >= 15 is 0 Å². The first-order chi connectivity index (χ1) is 9.11. The molecular weight excluding hydrogens is 285 g/mol. The Labute approximate surface area is 123 Å². The highest BCUT2D eigenvalue weighted by molar-refractivity contribution is 6.35. The topological polar surface area (TPSA) is 41.5 Å². The number of halogens is 2. The number of hydrogen-bond donors (Lipinski definition) is 2. The predicted molar refractivity (Wildman–Crippen MR) is 77.8 cm³/mol. The van der Waals surface area contributed by atoms with Crippen LogP contribution in [0.15, 0.2) is 18.2 Å². The molecule has 0 radical (unpaired) electrons. The van der Waals surface area contributed by atoms with Crippen molar-refractivity contribution in [3.63, 3.8) is 0 Å². The van der Waals surface area contributed by atoms with Gasteiger partial charge in [0.25, 0.3) is 0 Å². The highest BCUT2D eigenvalue weighted by atomic mass is 35.5. The second-order valence-corrected chi connectivity index (χ2v) is 5.83. The van der Waals surface area contributed by atoms with Crippen LogP contribution in [0.25, 0.3) is 0 Å². The second kappa shape index (κ2) is 6.91. The van der Waals surface area contributed by atoms with E-state index in [-0.39, 0.29) is 0 Å². The van der Waals surface area contributed by atoms with Gasteiger partial charge >= 0.3 is 0 Å². The summed E-state index contributed by atoms with van der Waals surface area (Å²) in [6.07, 6.45) is 1.83. The molecule has 0 aromatic heterocycles. The summed E-state index contributed by atoms with van der Waals surface area (Å²) in [4.78, 5) is 0. The SMILES string of the molecule is COCC(NCC(O)c1ccc(Cl)cc1Cl)C1CC1. The van der Waals surface area contributed by atoms with Gasteiger partial charge in [0.15, 0.2) is 0 Å². The Balaban J connectivity index is 1.90. The Hall–Kier alpha value is -0.320. The van der Waals surface area contributed by atoms with Crippen molar-refractivity contribution in [2.45, 2.75) is 25.0 Å². The third-order valence-electron chi connectivity index (χ3n) is 3.43. The van der Waals surface area contributed by atoms with Gasteiger partial charge in [-0.25, -0.2) is 0 Å². The molecule has 5 heteroatoms. The van der Waals surface area contributed by atoms with Gasteiger partial charge in [-0.05, 0) is 30.9 Å². The summed E-state index contributed by atoms with van der Waals surface area (Å²) in [7, 11) is 1.70. The molecule has 0 saturated heterocycles. The minimum absolute atomic E-state index is 0.311. The van der Waals surface area contributed by atoms with Gasteiger partial charge in [-0.3, -0.25) is 0 Å². The summed E-state index contributed by atoms with van der Waals surface area (Å²) in [6.45, 7) is 1.14. The Morgan fingerprint density at radius 2 is 2.16 bits per heavy atom. The fourth-order valence-electron chi connectivity index (χ4n) is 2.18. The minimum atomic E-state index is -0.636. The summed E-state index contributed by atoms with van der Waals surface area (Å²) < 4.78 is 5.20. The molecule has 2 atom stereocenters. The van der Waals surface area contributed by atoms with Crippen LogP contribution in [-0.2, 0) is 4.74 Å². The standard InChI is InChI=1S/C14H19Cl2NO2/c1-19-8-13(9-2-3-9)17-7-14(18)11-5-4-10(15)6-12(11)16/h4-6,9,13-14,17-18H,2-3,7-8H2,1H3. The van der Waals surface area contributed by atoms with E-state index in [9.17, 15) is 5.11 Å². The Bertz CT molecular complexity index is 424. The van der Waals surface area contributed by atoms with Gasteiger partial charge in [-0.2, -0.15) is 0 Å². The van der Waals surface area contributed by atoms with E-state index in [4.69, 9.17) is 27.9 Å². The third kappa shape index (κ3) is 4.33. The van der Waals surface area contributed by atoms with Gasteiger partial charge in [0.05, 0.1) is 12.7 Å². The van der Waals surface area contributed by atoms with Crippen LogP contribution in [0.5, 0.6) is 0 Å². The molecule has 19 heavy (non-hydrogen) atoms. The molecule has 1 fully saturated rings. The van der Waals surface area contributed by atoms with Crippen molar-refractivity contribution >= 4 is 23.2 Å². The molecular formula is C14H19Cl2NO2. The molecule has 2 unspecified atom stereocenters. The van der Waals surface area contributed by atoms with Crippen LogP contribution in [0, 0.1) is 5.92 Å². The second-order valence-electron chi connectivity index (χ2n) is 4.99. The summed E-state index contributed by atoms with van der Waals surface area (Å²) in [5, 5.41) is 14.6. The highest BCUT2D eigenvalue weighted by Gasteiger charge is 2.31. The van der Waals surface area contributed by atoms with Crippen LogP contribution in [0.3, 0.4) is 0 Å². The van der Waals surface area contributed by atoms with Crippen molar-refractivity contribution in [2.24, 2.45) is 5.92 Å². The molecule has 1 aromatic rings. The van der Waals surface area contributed by atoms with Crippen molar-refractivity contribution in [1.29, 1.82) is 0 Å². The lowest BCUT2D eigenvalue weighted by molar-refractivity contribution is 0.132. The van der Waals surface area contributed by atoms with Gasteiger partial charge in [-0.15, -0.1) is 0 Å². The summed E-state index contributed by atoms with van der Waals surface area (Å²) >= 11 is 11.9. The lowest BCUT2D eigenvalue weighted by Crippen LogP contribution is -2.37. The molecule has 0 aliphatic heterocycles. The number of aliphatic hydroxyl groups excluding tert-OH is 1. The van der Waals surface area contributed by atoms with Crippen LogP contribution in [-0.4, -0.2) is 31.4 Å². The zero-order valence-electron chi connectivity index (χ0n) is 10.9. The van der Waals surface area contributed by atoms with Crippen LogP contribution in [0.2, 0.25) is 10.0 Å². The van der Waals surface area contributed by atoms with Crippen molar-refractivity contribution in [3.8, 4) is 0 Å². The fraction of sp³-hybridized carbons (Fsp3) is 0.571. The zero-order valence-corrected chi connectivity index (χ0v) is 12.4. The maximum absolute atomic E-state index is 10.2. The van der Waals surface area contributed by atoms with Crippen LogP contribution in [0.1, 0.15) is 24.5 Å². The van der Waals surface area contributed by atoms with E-state index in [0.717, 1.165) is 0 Å². The molecule has 0 bridgehead atoms. The Kier molecular flexibility index (Phi) is 5.48. The third-order valence-corrected chi connectivity index (χ3v) is 3.99. The lowest BCUT2D eigenvalue weighted by atomic mass is 10.1. The van der Waals surface area contributed by atoms with Crippen molar-refractivity contribution < 1.29 is 9.84 Å². The van der Waals surface area contributed by atoms with Gasteiger partial charge in [0.2, 0.25) is 0 Å². The molecule has 1 aliphatic rings. The fourth-order valence-corrected chi connectivity index (χ4v) is 2.72. The Morgan fingerprint density at radius 3 is 2.74 bits per heavy atom. The average molecular weight is 304 g/mol. The minimum Gasteiger partial charge on any atom is -0.387 e. The number of methoxy groups -OCH3 is 1. The molecule has 0 heterocycles. The average Bonchev–Trinajstić information content (AvgIpc) is 3.18. The zero-order chi connectivity index (χ0) is 13.8. The maximum Gasteiger partial charge on any atom is 0.0928 e. The van der Waals surface area contributed by atoms with Crippen molar-refractivity contribution in [2.75, 3.05) is 20.3 Å². The molecule has 1 aromatic carbocycles. The van der Waals surface area contributed by atoms with Gasteiger partial charge in [0.1, 0.15) is 0 Å². The molecule has 106 valence electrons. The van der Waals surface area contributed by atoms with E-state index in [2.05, 4.69) is 5.32 Å². The number of nitrogens with one attached hydrogen (secondary N) is 1. The monoisotopic (exact) mass is 303 g/mol. The van der Waals surface area contributed by atoms with Gasteiger partial charge in [0, 0.05) is 35.3 Å². The number of hydrogen-bond acceptors (Lipinski definition) is 3. The predicted octanol–water partition coefficient (Wildman–Crippen LogP) is 3.04. The van der Waals surface area contributed by atoms with Crippen molar-refractivity contribution in [1.82, 2.24) is 5.32 Å².